The molecule has 0 saturated carbocycles. The highest BCUT2D eigenvalue weighted by atomic mass is 16.4. The Hall–Kier alpha value is -1.95. The van der Waals surface area contributed by atoms with Crippen LogP contribution in [0.5, 0.6) is 0 Å². The zero-order valence-electron chi connectivity index (χ0n) is 8.28. The number of hydrogen-bond donors (Lipinski definition) is 0. The van der Waals surface area contributed by atoms with Crippen molar-refractivity contribution in [2.45, 2.75) is 0 Å². The Morgan fingerprint density at radius 3 is 1.93 bits per heavy atom. The normalized spacial score (nSPS) is 13.1. The molecule has 0 aliphatic rings. The minimum absolute atomic E-state index is 0.0528. The lowest BCUT2D eigenvalue weighted by Gasteiger charge is -2.32. The van der Waals surface area contributed by atoms with Crippen molar-refractivity contribution in [3.05, 3.63) is 20.9 Å². The van der Waals surface area contributed by atoms with E-state index in [4.69, 9.17) is 11.1 Å². The van der Waals surface area contributed by atoms with Crippen LogP contribution in [0, 0.1) is 0 Å². The zero-order valence-corrected chi connectivity index (χ0v) is 8.28. The Labute approximate surface area is 85.8 Å². The lowest BCUT2D eigenvalue weighted by molar-refractivity contribution is -0.854. The molecule has 0 aromatic carbocycles. The van der Waals surface area contributed by atoms with E-state index in [-0.39, 0.29) is 26.2 Å². The smallest absolute Gasteiger partial charge is 0.257 e. The van der Waals surface area contributed by atoms with Gasteiger partial charge in [0.15, 0.2) is 0 Å². The SMILES string of the molecule is C[N+](CCN=[N+]=[N-])(CCN=[N+]=[N-])C(=O)[O-]. The maximum atomic E-state index is 10.8. The van der Waals surface area contributed by atoms with Crippen LogP contribution in [-0.4, -0.2) is 43.8 Å². The molecule has 0 atom stereocenters. The summed E-state index contributed by atoms with van der Waals surface area (Å²) in [7, 11) is 1.41. The minimum Gasteiger partial charge on any atom is -0.498 e. The van der Waals surface area contributed by atoms with E-state index >= 15 is 0 Å². The average Bonchev–Trinajstić information content (AvgIpc) is 2.18. The molecule has 9 nitrogen and oxygen atoms in total. The van der Waals surface area contributed by atoms with Crippen molar-refractivity contribution in [2.75, 3.05) is 33.2 Å². The summed E-state index contributed by atoms with van der Waals surface area (Å²) >= 11 is 0. The van der Waals surface area contributed by atoms with Gasteiger partial charge in [-0.25, -0.2) is 0 Å². The molecular formula is C6H11N7O2. The summed E-state index contributed by atoms with van der Waals surface area (Å²) in [5.74, 6) is 0. The first-order valence-electron chi connectivity index (χ1n) is 4.14. The number of carbonyl (C=O) groups is 1. The highest BCUT2D eigenvalue weighted by Gasteiger charge is 2.22. The summed E-state index contributed by atoms with van der Waals surface area (Å²) in [6.07, 6.45) is -1.30. The van der Waals surface area contributed by atoms with Crippen LogP contribution in [-0.2, 0) is 0 Å². The second kappa shape index (κ2) is 6.50. The Bertz CT molecular complexity index is 293. The van der Waals surface area contributed by atoms with Gasteiger partial charge >= 0.3 is 0 Å². The summed E-state index contributed by atoms with van der Waals surface area (Å²) in [5.41, 5.74) is 16.1. The van der Waals surface area contributed by atoms with Gasteiger partial charge in [0, 0.05) is 9.82 Å². The summed E-state index contributed by atoms with van der Waals surface area (Å²) in [6.45, 7) is 0.315. The molecule has 0 fully saturated rings. The van der Waals surface area contributed by atoms with E-state index in [9.17, 15) is 9.90 Å². The molecule has 0 aliphatic heterocycles. The quantitative estimate of drug-likeness (QED) is 0.273. The summed E-state index contributed by atoms with van der Waals surface area (Å²) in [4.78, 5) is 15.8. The van der Waals surface area contributed by atoms with E-state index in [1.807, 2.05) is 0 Å². The van der Waals surface area contributed by atoms with Crippen molar-refractivity contribution in [1.29, 1.82) is 0 Å². The predicted molar refractivity (Wildman–Crippen MR) is 49.3 cm³/mol. The van der Waals surface area contributed by atoms with Gasteiger partial charge in [0.05, 0.1) is 33.2 Å². The number of carbonyl (C=O) groups excluding carboxylic acids is 1. The molecule has 15 heavy (non-hydrogen) atoms. The largest absolute Gasteiger partial charge is 0.498 e. The fourth-order valence-electron chi connectivity index (χ4n) is 0.915. The summed E-state index contributed by atoms with van der Waals surface area (Å²) < 4.78 is -0.446. The Kier molecular flexibility index (Phi) is 5.65. The number of amides is 1. The predicted octanol–water partition coefficient (Wildman–Crippen LogP) is 0.397. The van der Waals surface area contributed by atoms with E-state index in [1.165, 1.54) is 7.05 Å². The van der Waals surface area contributed by atoms with Crippen molar-refractivity contribution >= 4 is 6.09 Å². The van der Waals surface area contributed by atoms with Crippen LogP contribution in [0.1, 0.15) is 0 Å². The molecule has 1 amide bonds. The van der Waals surface area contributed by atoms with Crippen molar-refractivity contribution < 1.29 is 14.4 Å². The van der Waals surface area contributed by atoms with Crippen LogP contribution in [0.2, 0.25) is 0 Å². The highest BCUT2D eigenvalue weighted by molar-refractivity contribution is 5.53. The second-order valence-electron chi connectivity index (χ2n) is 3.02. The fraction of sp³-hybridized carbons (Fsp3) is 0.833. The minimum atomic E-state index is -1.30. The molecule has 0 heterocycles. The molecule has 0 aromatic heterocycles. The lowest BCUT2D eigenvalue weighted by Crippen LogP contribution is -2.58. The van der Waals surface area contributed by atoms with Gasteiger partial charge in [0.25, 0.3) is 6.09 Å². The van der Waals surface area contributed by atoms with Gasteiger partial charge in [-0.15, -0.1) is 0 Å². The molecule has 0 radical (unpaired) electrons. The highest BCUT2D eigenvalue weighted by Crippen LogP contribution is 2.01. The number of hydrogen-bond acceptors (Lipinski definition) is 4. The van der Waals surface area contributed by atoms with E-state index in [2.05, 4.69) is 20.1 Å². The Morgan fingerprint density at radius 2 is 1.67 bits per heavy atom. The number of rotatable bonds is 6. The van der Waals surface area contributed by atoms with Gasteiger partial charge < -0.3 is 9.90 Å². The van der Waals surface area contributed by atoms with E-state index in [0.29, 0.717) is 0 Å². The monoisotopic (exact) mass is 213 g/mol. The Balaban J connectivity index is 4.36. The number of nitrogens with zero attached hydrogens (tertiary/aromatic N) is 7. The lowest BCUT2D eigenvalue weighted by atomic mass is 10.4. The third kappa shape index (κ3) is 4.72. The van der Waals surface area contributed by atoms with Gasteiger partial charge in [-0.05, 0) is 11.1 Å². The molecular weight excluding hydrogens is 202 g/mol. The second-order valence-corrected chi connectivity index (χ2v) is 3.02. The van der Waals surface area contributed by atoms with E-state index in [1.54, 1.807) is 0 Å². The average molecular weight is 213 g/mol. The number of azide groups is 2. The van der Waals surface area contributed by atoms with Gasteiger partial charge in [-0.2, -0.15) is 0 Å². The van der Waals surface area contributed by atoms with Crippen molar-refractivity contribution in [1.82, 2.24) is 0 Å². The molecule has 0 N–H and O–H groups in total. The number of likely N-dealkylation sites (N-methyl/N-ethyl adjacent to an activating group) is 1. The summed E-state index contributed by atoms with van der Waals surface area (Å²) in [6, 6.07) is 0. The topological polar surface area (TPSA) is 138 Å². The molecule has 0 saturated heterocycles. The van der Waals surface area contributed by atoms with Crippen molar-refractivity contribution in [3.8, 4) is 0 Å². The summed E-state index contributed by atoms with van der Waals surface area (Å²) in [5, 5.41) is 17.3. The van der Waals surface area contributed by atoms with Crippen LogP contribution >= 0.6 is 0 Å². The zero-order chi connectivity index (χ0) is 11.7. The standard InChI is InChI=1S/C6H11N7O2/c1-13(6(14)15,4-2-9-11-7)5-3-10-12-8/h2-5H2,1H3. The first kappa shape index (κ1) is 13.1. The fourth-order valence-corrected chi connectivity index (χ4v) is 0.915. The maximum absolute atomic E-state index is 10.8. The molecule has 0 bridgehead atoms. The third-order valence-electron chi connectivity index (χ3n) is 1.95. The molecule has 9 heteroatoms. The first-order valence-corrected chi connectivity index (χ1v) is 4.14. The van der Waals surface area contributed by atoms with Crippen LogP contribution in [0.3, 0.4) is 0 Å². The maximum Gasteiger partial charge on any atom is 0.257 e. The third-order valence-corrected chi connectivity index (χ3v) is 1.95. The van der Waals surface area contributed by atoms with Crippen molar-refractivity contribution in [2.24, 2.45) is 10.2 Å². The van der Waals surface area contributed by atoms with E-state index in [0.717, 1.165) is 0 Å². The molecule has 0 rings (SSSR count). The van der Waals surface area contributed by atoms with Crippen LogP contribution in [0.25, 0.3) is 20.9 Å². The van der Waals surface area contributed by atoms with Gasteiger partial charge in [-0.3, -0.25) is 4.48 Å². The van der Waals surface area contributed by atoms with Gasteiger partial charge in [-0.1, -0.05) is 10.2 Å². The van der Waals surface area contributed by atoms with Crippen LogP contribution in [0.15, 0.2) is 10.2 Å². The number of carboxylic acid groups (broad SMARTS) is 1. The number of quaternary nitrogens is 1. The molecule has 0 aliphatic carbocycles. The first-order chi connectivity index (χ1) is 7.06. The molecule has 82 valence electrons. The van der Waals surface area contributed by atoms with Crippen LogP contribution in [0.4, 0.5) is 4.79 Å². The van der Waals surface area contributed by atoms with E-state index < -0.39 is 10.6 Å². The Morgan fingerprint density at radius 1 is 1.27 bits per heavy atom. The molecule has 0 spiro atoms. The molecule has 0 aromatic rings. The van der Waals surface area contributed by atoms with Gasteiger partial charge in [0.2, 0.25) is 0 Å². The van der Waals surface area contributed by atoms with Crippen molar-refractivity contribution in [3.63, 3.8) is 0 Å². The van der Waals surface area contributed by atoms with Gasteiger partial charge in [0.1, 0.15) is 0 Å². The molecule has 0 unspecified atom stereocenters. The van der Waals surface area contributed by atoms with Crippen LogP contribution < -0.4 is 5.11 Å².